The number of aryl methyl sites for hydroxylation is 1. The molecular formula is C15H22BrN3. The fraction of sp³-hybridized carbons (Fsp3) is 0.600. The summed E-state index contributed by atoms with van der Waals surface area (Å²) >= 11 is 3.78. The number of benzene rings is 1. The van der Waals surface area contributed by atoms with Crippen LogP contribution >= 0.6 is 15.9 Å². The van der Waals surface area contributed by atoms with Crippen molar-refractivity contribution in [1.29, 1.82) is 0 Å². The number of halogens is 1. The Balaban J connectivity index is 2.12. The molecule has 3 rings (SSSR count). The highest BCUT2D eigenvalue weighted by Gasteiger charge is 2.34. The maximum atomic E-state index is 3.78. The van der Waals surface area contributed by atoms with Crippen LogP contribution in [0.25, 0.3) is 0 Å². The number of anilines is 2. The van der Waals surface area contributed by atoms with E-state index < -0.39 is 0 Å². The van der Waals surface area contributed by atoms with Crippen molar-refractivity contribution in [3.05, 3.63) is 22.2 Å². The van der Waals surface area contributed by atoms with Crippen LogP contribution in [0.5, 0.6) is 0 Å². The molecule has 1 atom stereocenters. The number of piperazine rings is 1. The molecule has 2 aliphatic heterocycles. The first-order valence-corrected chi connectivity index (χ1v) is 7.91. The molecule has 0 radical (unpaired) electrons. The van der Waals surface area contributed by atoms with Crippen LogP contribution in [0.1, 0.15) is 19.4 Å². The van der Waals surface area contributed by atoms with Crippen molar-refractivity contribution in [1.82, 2.24) is 5.32 Å². The van der Waals surface area contributed by atoms with Crippen LogP contribution in [0, 0.1) is 6.92 Å². The second-order valence-corrected chi connectivity index (χ2v) is 6.77. The molecule has 2 aliphatic rings. The number of nitrogens with zero attached hydrogens (tertiary/aromatic N) is 2. The van der Waals surface area contributed by atoms with Gasteiger partial charge in [0.05, 0.1) is 17.4 Å². The standard InChI is InChI=1S/C15H22BrN3/c1-10(2)19-9-12-8-17-4-5-18(12)15-13(16)6-11(3)7-14(15)19/h6-7,10,12,17H,4-5,8-9H2,1-3H3. The molecule has 2 heterocycles. The molecule has 104 valence electrons. The zero-order chi connectivity index (χ0) is 13.6. The molecule has 1 saturated heterocycles. The highest BCUT2D eigenvalue weighted by Crippen LogP contribution is 2.43. The van der Waals surface area contributed by atoms with E-state index in [2.05, 4.69) is 64.0 Å². The number of hydrogen-bond acceptors (Lipinski definition) is 3. The molecule has 4 heteroatoms. The second-order valence-electron chi connectivity index (χ2n) is 5.91. The molecule has 1 fully saturated rings. The molecule has 3 nitrogen and oxygen atoms in total. The molecule has 0 spiro atoms. The van der Waals surface area contributed by atoms with Crippen molar-refractivity contribution in [3.63, 3.8) is 0 Å². The lowest BCUT2D eigenvalue weighted by Crippen LogP contribution is -2.60. The van der Waals surface area contributed by atoms with Gasteiger partial charge >= 0.3 is 0 Å². The normalized spacial score (nSPS) is 22.5. The summed E-state index contributed by atoms with van der Waals surface area (Å²) in [6.45, 7) is 11.1. The molecule has 1 unspecified atom stereocenters. The van der Waals surface area contributed by atoms with E-state index in [9.17, 15) is 0 Å². The van der Waals surface area contributed by atoms with E-state index in [1.807, 2.05) is 0 Å². The summed E-state index contributed by atoms with van der Waals surface area (Å²) in [7, 11) is 0. The topological polar surface area (TPSA) is 18.5 Å². The average Bonchev–Trinajstić information content (AvgIpc) is 2.36. The lowest BCUT2D eigenvalue weighted by Gasteiger charge is -2.49. The zero-order valence-corrected chi connectivity index (χ0v) is 13.5. The van der Waals surface area contributed by atoms with Gasteiger partial charge in [-0.05, 0) is 54.4 Å². The van der Waals surface area contributed by atoms with Crippen molar-refractivity contribution < 1.29 is 0 Å². The van der Waals surface area contributed by atoms with Crippen molar-refractivity contribution >= 4 is 27.3 Å². The summed E-state index contributed by atoms with van der Waals surface area (Å²) in [5.74, 6) is 0. The first-order chi connectivity index (χ1) is 9.08. The summed E-state index contributed by atoms with van der Waals surface area (Å²) in [5, 5.41) is 3.52. The minimum absolute atomic E-state index is 0.538. The second kappa shape index (κ2) is 4.98. The van der Waals surface area contributed by atoms with Gasteiger partial charge in [-0.3, -0.25) is 0 Å². The molecule has 0 bridgehead atoms. The Morgan fingerprint density at radius 1 is 1.37 bits per heavy atom. The smallest absolute Gasteiger partial charge is 0.0752 e. The Labute approximate surface area is 124 Å². The summed E-state index contributed by atoms with van der Waals surface area (Å²) in [5.41, 5.74) is 4.10. The third-order valence-electron chi connectivity index (χ3n) is 4.17. The van der Waals surface area contributed by atoms with Crippen LogP contribution in [-0.4, -0.2) is 38.3 Å². The van der Waals surface area contributed by atoms with Gasteiger partial charge in [-0.15, -0.1) is 0 Å². The van der Waals surface area contributed by atoms with Crippen molar-refractivity contribution in [2.45, 2.75) is 32.9 Å². The summed E-state index contributed by atoms with van der Waals surface area (Å²) in [4.78, 5) is 5.12. The van der Waals surface area contributed by atoms with Gasteiger partial charge in [0.15, 0.2) is 0 Å². The number of hydrogen-bond donors (Lipinski definition) is 1. The highest BCUT2D eigenvalue weighted by atomic mass is 79.9. The van der Waals surface area contributed by atoms with Gasteiger partial charge in [-0.2, -0.15) is 0 Å². The average molecular weight is 324 g/mol. The molecular weight excluding hydrogens is 302 g/mol. The SMILES string of the molecule is Cc1cc(Br)c2c(c1)N(C(C)C)CC1CNCCN21. The van der Waals surface area contributed by atoms with Gasteiger partial charge in [0, 0.05) is 36.7 Å². The summed E-state index contributed by atoms with van der Waals surface area (Å²) < 4.78 is 1.24. The highest BCUT2D eigenvalue weighted by molar-refractivity contribution is 9.10. The van der Waals surface area contributed by atoms with Gasteiger partial charge in [0.2, 0.25) is 0 Å². The summed E-state index contributed by atoms with van der Waals surface area (Å²) in [6.07, 6.45) is 0. The van der Waals surface area contributed by atoms with Gasteiger partial charge < -0.3 is 15.1 Å². The first-order valence-electron chi connectivity index (χ1n) is 7.12. The molecule has 0 amide bonds. The molecule has 0 aliphatic carbocycles. The number of fused-ring (bicyclic) bond motifs is 3. The largest absolute Gasteiger partial charge is 0.365 e. The van der Waals surface area contributed by atoms with Crippen LogP contribution in [-0.2, 0) is 0 Å². The Morgan fingerprint density at radius 2 is 2.16 bits per heavy atom. The Kier molecular flexibility index (Phi) is 3.48. The maximum absolute atomic E-state index is 3.78. The van der Waals surface area contributed by atoms with E-state index in [4.69, 9.17) is 0 Å². The Bertz CT molecular complexity index is 487. The lowest BCUT2D eigenvalue weighted by atomic mass is 10.0. The minimum Gasteiger partial charge on any atom is -0.365 e. The van der Waals surface area contributed by atoms with Gasteiger partial charge in [-0.25, -0.2) is 0 Å². The van der Waals surface area contributed by atoms with Gasteiger partial charge in [-0.1, -0.05) is 0 Å². The number of nitrogens with one attached hydrogen (secondary N) is 1. The van der Waals surface area contributed by atoms with E-state index >= 15 is 0 Å². The molecule has 1 N–H and O–H groups in total. The van der Waals surface area contributed by atoms with Crippen LogP contribution in [0.3, 0.4) is 0 Å². The Hall–Kier alpha value is -0.740. The zero-order valence-electron chi connectivity index (χ0n) is 11.9. The molecule has 19 heavy (non-hydrogen) atoms. The predicted molar refractivity (Wildman–Crippen MR) is 85.4 cm³/mol. The van der Waals surface area contributed by atoms with Crippen LogP contribution in [0.15, 0.2) is 16.6 Å². The molecule has 1 aromatic rings. The van der Waals surface area contributed by atoms with E-state index in [0.717, 1.165) is 26.2 Å². The maximum Gasteiger partial charge on any atom is 0.0752 e. The minimum atomic E-state index is 0.538. The van der Waals surface area contributed by atoms with E-state index in [-0.39, 0.29) is 0 Å². The number of rotatable bonds is 1. The fourth-order valence-electron chi connectivity index (χ4n) is 3.25. The monoisotopic (exact) mass is 323 g/mol. The molecule has 0 saturated carbocycles. The van der Waals surface area contributed by atoms with E-state index in [0.29, 0.717) is 12.1 Å². The third-order valence-corrected chi connectivity index (χ3v) is 4.77. The van der Waals surface area contributed by atoms with E-state index in [1.54, 1.807) is 0 Å². The first kappa shape index (κ1) is 13.3. The van der Waals surface area contributed by atoms with Gasteiger partial charge in [0.1, 0.15) is 0 Å². The summed E-state index contributed by atoms with van der Waals surface area (Å²) in [6, 6.07) is 5.69. The third kappa shape index (κ3) is 2.25. The lowest BCUT2D eigenvalue weighted by molar-refractivity contribution is 0.448. The fourth-order valence-corrected chi connectivity index (χ4v) is 4.04. The quantitative estimate of drug-likeness (QED) is 0.857. The van der Waals surface area contributed by atoms with E-state index in [1.165, 1.54) is 21.4 Å². The molecule has 0 aromatic heterocycles. The van der Waals surface area contributed by atoms with Crippen molar-refractivity contribution in [2.75, 3.05) is 36.0 Å². The molecule has 1 aromatic carbocycles. The Morgan fingerprint density at radius 3 is 2.89 bits per heavy atom. The van der Waals surface area contributed by atoms with Crippen molar-refractivity contribution in [3.8, 4) is 0 Å². The van der Waals surface area contributed by atoms with Crippen molar-refractivity contribution in [2.24, 2.45) is 0 Å². The van der Waals surface area contributed by atoms with Gasteiger partial charge in [0.25, 0.3) is 0 Å². The predicted octanol–water partition coefficient (Wildman–Crippen LogP) is 2.76. The van der Waals surface area contributed by atoms with Crippen LogP contribution < -0.4 is 15.1 Å². The van der Waals surface area contributed by atoms with Crippen LogP contribution in [0.2, 0.25) is 0 Å². The van der Waals surface area contributed by atoms with Crippen LogP contribution in [0.4, 0.5) is 11.4 Å².